The largest absolute Gasteiger partial charge is 0.381 e. The Kier molecular flexibility index (Phi) is 11.0. The second-order valence-electron chi connectivity index (χ2n) is 6.56. The van der Waals surface area contributed by atoms with Gasteiger partial charge in [-0.05, 0) is 24.5 Å². The molecule has 0 aliphatic heterocycles. The van der Waals surface area contributed by atoms with Crippen molar-refractivity contribution in [3.8, 4) is 0 Å². The summed E-state index contributed by atoms with van der Waals surface area (Å²) in [5.74, 6) is 1.20. The molecule has 0 aromatic carbocycles. The van der Waals surface area contributed by atoms with Crippen molar-refractivity contribution in [2.24, 2.45) is 10.9 Å². The van der Waals surface area contributed by atoms with Gasteiger partial charge < -0.3 is 20.3 Å². The van der Waals surface area contributed by atoms with E-state index in [4.69, 9.17) is 4.74 Å². The van der Waals surface area contributed by atoms with Crippen molar-refractivity contribution in [3.05, 3.63) is 30.1 Å². The summed E-state index contributed by atoms with van der Waals surface area (Å²) in [7, 11) is 3.50. The average Bonchev–Trinajstić information content (AvgIpc) is 2.65. The summed E-state index contributed by atoms with van der Waals surface area (Å²) in [6.07, 6.45) is 3.40. The zero-order valence-electron chi connectivity index (χ0n) is 16.5. The van der Waals surface area contributed by atoms with Crippen LogP contribution in [0.2, 0.25) is 0 Å². The maximum Gasteiger partial charge on any atom is 0.241 e. The Labute approximate surface area is 157 Å². The van der Waals surface area contributed by atoms with Crippen LogP contribution >= 0.6 is 0 Å². The van der Waals surface area contributed by atoms with Crippen LogP contribution in [0, 0.1) is 5.92 Å². The van der Waals surface area contributed by atoms with Gasteiger partial charge in [-0.1, -0.05) is 19.9 Å². The Bertz CT molecular complexity index is 534. The number of hydrogen-bond donors (Lipinski definition) is 2. The molecule has 7 heteroatoms. The van der Waals surface area contributed by atoms with Crippen molar-refractivity contribution in [2.45, 2.75) is 26.7 Å². The van der Waals surface area contributed by atoms with Crippen molar-refractivity contribution in [2.75, 3.05) is 46.9 Å². The van der Waals surface area contributed by atoms with Gasteiger partial charge in [-0.2, -0.15) is 0 Å². The number of carbonyl (C=O) groups excluding carboxylic acids is 1. The van der Waals surface area contributed by atoms with Crippen LogP contribution in [-0.4, -0.2) is 68.7 Å². The number of aromatic nitrogens is 1. The first-order chi connectivity index (χ1) is 12.5. The summed E-state index contributed by atoms with van der Waals surface area (Å²) < 4.78 is 5.54. The van der Waals surface area contributed by atoms with E-state index in [0.717, 1.165) is 38.3 Å². The molecule has 0 bridgehead atoms. The van der Waals surface area contributed by atoms with Gasteiger partial charge in [0.15, 0.2) is 5.96 Å². The highest BCUT2D eigenvalue weighted by atomic mass is 16.5. The number of nitrogens with one attached hydrogen (secondary N) is 2. The molecule has 0 fully saturated rings. The smallest absolute Gasteiger partial charge is 0.241 e. The molecule has 0 saturated heterocycles. The number of likely N-dealkylation sites (N-methyl/N-ethyl adjacent to an activating group) is 1. The van der Waals surface area contributed by atoms with Gasteiger partial charge in [0.05, 0.1) is 6.54 Å². The molecule has 0 unspecified atom stereocenters. The van der Waals surface area contributed by atoms with E-state index in [1.165, 1.54) is 0 Å². The van der Waals surface area contributed by atoms with Crippen LogP contribution in [-0.2, 0) is 16.0 Å². The van der Waals surface area contributed by atoms with Gasteiger partial charge in [-0.3, -0.25) is 14.8 Å². The molecule has 0 aliphatic carbocycles. The highest BCUT2D eigenvalue weighted by Gasteiger charge is 2.09. The van der Waals surface area contributed by atoms with E-state index >= 15 is 0 Å². The highest BCUT2D eigenvalue weighted by molar-refractivity contribution is 5.86. The first-order valence-electron chi connectivity index (χ1n) is 9.19. The number of guanidine groups is 1. The molecule has 1 rings (SSSR count). The summed E-state index contributed by atoms with van der Waals surface area (Å²) >= 11 is 0. The van der Waals surface area contributed by atoms with E-state index in [-0.39, 0.29) is 12.5 Å². The molecule has 1 aromatic rings. The molecule has 1 heterocycles. The molecule has 7 nitrogen and oxygen atoms in total. The van der Waals surface area contributed by atoms with Crippen molar-refractivity contribution in [1.29, 1.82) is 0 Å². The maximum absolute atomic E-state index is 12.2. The second kappa shape index (κ2) is 13.1. The summed E-state index contributed by atoms with van der Waals surface area (Å²) in [5.41, 5.74) is 0.984. The van der Waals surface area contributed by atoms with Crippen molar-refractivity contribution >= 4 is 11.9 Å². The Balaban J connectivity index is 2.18. The van der Waals surface area contributed by atoms with Crippen LogP contribution in [0.25, 0.3) is 0 Å². The predicted octanol–water partition coefficient (Wildman–Crippen LogP) is 1.31. The van der Waals surface area contributed by atoms with E-state index in [9.17, 15) is 4.79 Å². The number of amides is 1. The third kappa shape index (κ3) is 9.98. The van der Waals surface area contributed by atoms with Crippen molar-refractivity contribution in [1.82, 2.24) is 20.5 Å². The van der Waals surface area contributed by atoms with E-state index in [0.29, 0.717) is 18.4 Å². The lowest BCUT2D eigenvalue weighted by Gasteiger charge is -2.18. The minimum atomic E-state index is 0.0177. The van der Waals surface area contributed by atoms with Gasteiger partial charge in [0.1, 0.15) is 0 Å². The molecular formula is C19H33N5O2. The molecule has 0 atom stereocenters. The number of hydrogen-bond acceptors (Lipinski definition) is 4. The van der Waals surface area contributed by atoms with Crippen LogP contribution in [0.15, 0.2) is 29.4 Å². The molecule has 1 amide bonds. The molecule has 0 radical (unpaired) electrons. The van der Waals surface area contributed by atoms with E-state index in [2.05, 4.69) is 34.5 Å². The Morgan fingerprint density at radius 2 is 2.15 bits per heavy atom. The lowest BCUT2D eigenvalue weighted by Crippen LogP contribution is -2.44. The standard InChI is InChI=1S/C19H33N5O2/c1-16(2)15-26-13-7-11-22-19(20-3)23-14-18(25)24(4)12-9-17-8-5-6-10-21-17/h5-6,8,10,16H,7,9,11-15H2,1-4H3,(H2,20,22,23). The van der Waals surface area contributed by atoms with Gasteiger partial charge in [-0.15, -0.1) is 0 Å². The summed E-state index contributed by atoms with van der Waals surface area (Å²) in [5, 5.41) is 6.24. The quantitative estimate of drug-likeness (QED) is 0.352. The number of nitrogens with zero attached hydrogens (tertiary/aromatic N) is 3. The third-order valence-corrected chi connectivity index (χ3v) is 3.70. The second-order valence-corrected chi connectivity index (χ2v) is 6.56. The van der Waals surface area contributed by atoms with Crippen LogP contribution < -0.4 is 10.6 Å². The summed E-state index contributed by atoms with van der Waals surface area (Å²) in [6, 6.07) is 5.81. The zero-order chi connectivity index (χ0) is 19.2. The highest BCUT2D eigenvalue weighted by Crippen LogP contribution is 1.97. The lowest BCUT2D eigenvalue weighted by molar-refractivity contribution is -0.128. The van der Waals surface area contributed by atoms with E-state index in [1.807, 2.05) is 18.2 Å². The van der Waals surface area contributed by atoms with E-state index < -0.39 is 0 Å². The lowest BCUT2D eigenvalue weighted by atomic mass is 10.2. The topological polar surface area (TPSA) is 78.9 Å². The molecular weight excluding hydrogens is 330 g/mol. The van der Waals surface area contributed by atoms with Crippen LogP contribution in [0.4, 0.5) is 0 Å². The minimum Gasteiger partial charge on any atom is -0.381 e. The zero-order valence-corrected chi connectivity index (χ0v) is 16.5. The average molecular weight is 364 g/mol. The molecule has 146 valence electrons. The Hall–Kier alpha value is -2.15. The van der Waals surface area contributed by atoms with Crippen molar-refractivity contribution in [3.63, 3.8) is 0 Å². The summed E-state index contributed by atoms with van der Waals surface area (Å²) in [4.78, 5) is 22.3. The molecule has 1 aromatic heterocycles. The maximum atomic E-state index is 12.2. The first-order valence-corrected chi connectivity index (χ1v) is 9.19. The first kappa shape index (κ1) is 21.9. The van der Waals surface area contributed by atoms with E-state index in [1.54, 1.807) is 25.2 Å². The van der Waals surface area contributed by atoms with Crippen LogP contribution in [0.5, 0.6) is 0 Å². The van der Waals surface area contributed by atoms with Gasteiger partial charge in [0, 0.05) is 58.7 Å². The van der Waals surface area contributed by atoms with Gasteiger partial charge >= 0.3 is 0 Å². The van der Waals surface area contributed by atoms with Crippen molar-refractivity contribution < 1.29 is 9.53 Å². The van der Waals surface area contributed by atoms with Crippen LogP contribution in [0.1, 0.15) is 26.0 Å². The van der Waals surface area contributed by atoms with Gasteiger partial charge in [-0.25, -0.2) is 0 Å². The molecule has 26 heavy (non-hydrogen) atoms. The minimum absolute atomic E-state index is 0.0177. The van der Waals surface area contributed by atoms with Gasteiger partial charge in [0.2, 0.25) is 5.91 Å². The normalized spacial score (nSPS) is 11.5. The number of ether oxygens (including phenoxy) is 1. The number of aliphatic imine (C=N–C) groups is 1. The Morgan fingerprint density at radius 3 is 2.81 bits per heavy atom. The van der Waals surface area contributed by atoms with Crippen LogP contribution in [0.3, 0.4) is 0 Å². The SMILES string of the molecule is CN=C(NCCCOCC(C)C)NCC(=O)N(C)CCc1ccccn1. The third-order valence-electron chi connectivity index (χ3n) is 3.70. The molecule has 0 saturated carbocycles. The fourth-order valence-corrected chi connectivity index (χ4v) is 2.17. The fraction of sp³-hybridized carbons (Fsp3) is 0.632. The van der Waals surface area contributed by atoms with Gasteiger partial charge in [0.25, 0.3) is 0 Å². The molecule has 0 aliphatic rings. The molecule has 0 spiro atoms. The fourth-order valence-electron chi connectivity index (χ4n) is 2.17. The number of pyridine rings is 1. The summed E-state index contributed by atoms with van der Waals surface area (Å²) in [6.45, 7) is 7.37. The predicted molar refractivity (Wildman–Crippen MR) is 105 cm³/mol. The Morgan fingerprint density at radius 1 is 1.35 bits per heavy atom. The molecule has 2 N–H and O–H groups in total. The monoisotopic (exact) mass is 363 g/mol. The number of carbonyl (C=O) groups is 1. The number of rotatable bonds is 11.